The number of aromatic nitrogens is 2. The second kappa shape index (κ2) is 10.1. The second-order valence-electron chi connectivity index (χ2n) is 8.76. The summed E-state index contributed by atoms with van der Waals surface area (Å²) >= 11 is 0. The van der Waals surface area contributed by atoms with E-state index in [1.54, 1.807) is 47.1 Å². The Morgan fingerprint density at radius 1 is 1.06 bits per heavy atom. The number of nitrogens with zero attached hydrogens (tertiary/aromatic N) is 3. The third-order valence-corrected chi connectivity index (χ3v) is 6.10. The summed E-state index contributed by atoms with van der Waals surface area (Å²) in [7, 11) is 0. The maximum absolute atomic E-state index is 13.3. The fourth-order valence-corrected chi connectivity index (χ4v) is 4.39. The van der Waals surface area contributed by atoms with Crippen LogP contribution in [0.1, 0.15) is 49.2 Å². The molecule has 1 fully saturated rings. The number of anilines is 1. The van der Waals surface area contributed by atoms with Crippen LogP contribution in [0.25, 0.3) is 5.69 Å². The first-order valence-electron chi connectivity index (χ1n) is 11.5. The smallest absolute Gasteiger partial charge is 0.260 e. The third-order valence-electron chi connectivity index (χ3n) is 6.10. The lowest BCUT2D eigenvalue weighted by Gasteiger charge is -2.38. The highest BCUT2D eigenvalue weighted by molar-refractivity contribution is 6.04. The first-order chi connectivity index (χ1) is 16.3. The molecule has 1 saturated heterocycles. The molecule has 2 aromatic carbocycles. The van der Waals surface area contributed by atoms with E-state index in [1.807, 2.05) is 11.8 Å². The minimum Gasteiger partial charge on any atom is -0.484 e. The minimum atomic E-state index is -0.345. The van der Waals surface area contributed by atoms with Gasteiger partial charge in [-0.1, -0.05) is 0 Å². The molecule has 0 bridgehead atoms. The van der Waals surface area contributed by atoms with Gasteiger partial charge in [-0.05, 0) is 88.6 Å². The van der Waals surface area contributed by atoms with E-state index in [9.17, 15) is 14.0 Å². The van der Waals surface area contributed by atoms with Gasteiger partial charge in [-0.2, -0.15) is 5.10 Å². The molecule has 7 nitrogen and oxygen atoms in total. The zero-order chi connectivity index (χ0) is 24.2. The molecule has 1 aromatic heterocycles. The summed E-state index contributed by atoms with van der Waals surface area (Å²) < 4.78 is 20.5. The number of rotatable bonds is 6. The van der Waals surface area contributed by atoms with Crippen molar-refractivity contribution in [3.8, 4) is 11.4 Å². The van der Waals surface area contributed by atoms with Crippen molar-refractivity contribution in [3.05, 3.63) is 71.7 Å². The topological polar surface area (TPSA) is 76.5 Å². The van der Waals surface area contributed by atoms with Gasteiger partial charge in [-0.25, -0.2) is 9.07 Å². The first-order valence-corrected chi connectivity index (χ1v) is 11.5. The SMILES string of the molecule is Cc1cc(NC(=O)c2ccc(OCC(=O)N3C(C)CCCC3C)cc2)n(-c2ccc(F)cc2)n1. The maximum Gasteiger partial charge on any atom is 0.260 e. The number of carbonyl (C=O) groups is 2. The third kappa shape index (κ3) is 5.27. The van der Waals surface area contributed by atoms with E-state index in [1.165, 1.54) is 12.1 Å². The van der Waals surface area contributed by atoms with Crippen LogP contribution in [0.4, 0.5) is 10.2 Å². The molecule has 2 atom stereocenters. The fourth-order valence-electron chi connectivity index (χ4n) is 4.39. The molecule has 1 N–H and O–H groups in total. The number of carbonyl (C=O) groups excluding carboxylic acids is 2. The quantitative estimate of drug-likeness (QED) is 0.572. The molecule has 1 aliphatic rings. The number of halogens is 1. The molecule has 1 aliphatic heterocycles. The second-order valence-corrected chi connectivity index (χ2v) is 8.76. The Kier molecular flexibility index (Phi) is 6.95. The number of ether oxygens (including phenoxy) is 1. The van der Waals surface area contributed by atoms with Gasteiger partial charge in [0.15, 0.2) is 6.61 Å². The van der Waals surface area contributed by atoms with Gasteiger partial charge in [-0.3, -0.25) is 9.59 Å². The van der Waals surface area contributed by atoms with Gasteiger partial charge in [0.1, 0.15) is 17.4 Å². The first kappa shape index (κ1) is 23.5. The van der Waals surface area contributed by atoms with Crippen LogP contribution in [0, 0.1) is 12.7 Å². The summed E-state index contributed by atoms with van der Waals surface area (Å²) in [6.07, 6.45) is 3.17. The average Bonchev–Trinajstić information content (AvgIpc) is 3.18. The molecular weight excluding hydrogens is 435 g/mol. The van der Waals surface area contributed by atoms with Gasteiger partial charge in [0.05, 0.1) is 11.4 Å². The van der Waals surface area contributed by atoms with Gasteiger partial charge in [-0.15, -0.1) is 0 Å². The van der Waals surface area contributed by atoms with Crippen molar-refractivity contribution in [2.75, 3.05) is 11.9 Å². The number of hydrogen-bond acceptors (Lipinski definition) is 4. The van der Waals surface area contributed by atoms with Crippen molar-refractivity contribution >= 4 is 17.6 Å². The molecule has 178 valence electrons. The van der Waals surface area contributed by atoms with Crippen molar-refractivity contribution in [1.82, 2.24) is 14.7 Å². The van der Waals surface area contributed by atoms with Crippen molar-refractivity contribution in [2.24, 2.45) is 0 Å². The van der Waals surface area contributed by atoms with E-state index >= 15 is 0 Å². The lowest BCUT2D eigenvalue weighted by molar-refractivity contribution is -0.139. The average molecular weight is 465 g/mol. The molecule has 34 heavy (non-hydrogen) atoms. The molecular formula is C26H29FN4O3. The van der Waals surface area contributed by atoms with Crippen molar-refractivity contribution in [3.63, 3.8) is 0 Å². The van der Waals surface area contributed by atoms with E-state index in [0.717, 1.165) is 19.3 Å². The van der Waals surface area contributed by atoms with Gasteiger partial charge < -0.3 is 15.0 Å². The Morgan fingerprint density at radius 3 is 2.35 bits per heavy atom. The van der Waals surface area contributed by atoms with Crippen LogP contribution in [0.15, 0.2) is 54.6 Å². The lowest BCUT2D eigenvalue weighted by Crippen LogP contribution is -2.49. The van der Waals surface area contributed by atoms with Crippen LogP contribution in [0.5, 0.6) is 5.75 Å². The molecule has 2 amide bonds. The lowest BCUT2D eigenvalue weighted by atomic mass is 9.97. The normalized spacial score (nSPS) is 17.9. The zero-order valence-electron chi connectivity index (χ0n) is 19.6. The van der Waals surface area contributed by atoms with Crippen LogP contribution in [-0.2, 0) is 4.79 Å². The Hall–Kier alpha value is -3.68. The fraction of sp³-hybridized carbons (Fsp3) is 0.346. The Morgan fingerprint density at radius 2 is 1.71 bits per heavy atom. The van der Waals surface area contributed by atoms with Crippen LogP contribution < -0.4 is 10.1 Å². The van der Waals surface area contributed by atoms with Crippen molar-refractivity contribution in [1.29, 1.82) is 0 Å². The highest BCUT2D eigenvalue weighted by Crippen LogP contribution is 2.23. The molecule has 2 unspecified atom stereocenters. The van der Waals surface area contributed by atoms with Crippen LogP contribution in [-0.4, -0.2) is 45.2 Å². The molecule has 0 aliphatic carbocycles. The number of amides is 2. The molecule has 0 radical (unpaired) electrons. The number of hydrogen-bond donors (Lipinski definition) is 1. The van der Waals surface area contributed by atoms with Crippen LogP contribution >= 0.6 is 0 Å². The Labute approximate surface area is 198 Å². The van der Waals surface area contributed by atoms with Crippen molar-refractivity contribution < 1.29 is 18.7 Å². The number of nitrogens with one attached hydrogen (secondary N) is 1. The highest BCUT2D eigenvalue weighted by atomic mass is 19.1. The molecule has 0 saturated carbocycles. The summed E-state index contributed by atoms with van der Waals surface area (Å²) in [4.78, 5) is 27.4. The van der Waals surface area contributed by atoms with Crippen LogP contribution in [0.2, 0.25) is 0 Å². The van der Waals surface area contributed by atoms with Gasteiger partial charge in [0.25, 0.3) is 11.8 Å². The van der Waals surface area contributed by atoms with Crippen molar-refractivity contribution in [2.45, 2.75) is 52.1 Å². The molecule has 2 heterocycles. The van der Waals surface area contributed by atoms with E-state index in [2.05, 4.69) is 24.3 Å². The summed E-state index contributed by atoms with van der Waals surface area (Å²) in [5.41, 5.74) is 1.78. The highest BCUT2D eigenvalue weighted by Gasteiger charge is 2.29. The summed E-state index contributed by atoms with van der Waals surface area (Å²) in [5.74, 6) is 0.314. The molecule has 0 spiro atoms. The van der Waals surface area contributed by atoms with E-state index in [4.69, 9.17) is 4.74 Å². The number of aryl methyl sites for hydroxylation is 1. The minimum absolute atomic E-state index is 0.0223. The largest absolute Gasteiger partial charge is 0.484 e. The number of benzene rings is 2. The van der Waals surface area contributed by atoms with Gasteiger partial charge in [0.2, 0.25) is 0 Å². The predicted molar refractivity (Wildman–Crippen MR) is 128 cm³/mol. The van der Waals surface area contributed by atoms with E-state index in [0.29, 0.717) is 28.5 Å². The van der Waals surface area contributed by atoms with E-state index < -0.39 is 0 Å². The number of likely N-dealkylation sites (tertiary alicyclic amines) is 1. The zero-order valence-corrected chi connectivity index (χ0v) is 19.6. The van der Waals surface area contributed by atoms with E-state index in [-0.39, 0.29) is 36.3 Å². The summed E-state index contributed by atoms with van der Waals surface area (Å²) in [6, 6.07) is 14.7. The monoisotopic (exact) mass is 464 g/mol. The number of piperidine rings is 1. The van der Waals surface area contributed by atoms with Crippen LogP contribution in [0.3, 0.4) is 0 Å². The standard InChI is InChI=1S/C26H29FN4O3/c1-17-15-24(31(29-17)22-11-9-21(27)10-12-22)28-26(33)20-7-13-23(14-8-20)34-16-25(32)30-18(2)5-4-6-19(30)3/h7-15,18-19H,4-6,16H2,1-3H3,(H,28,33). The Bertz CT molecular complexity index is 1150. The summed E-state index contributed by atoms with van der Waals surface area (Å²) in [6.45, 7) is 5.93. The summed E-state index contributed by atoms with van der Waals surface area (Å²) in [5, 5.41) is 7.23. The molecule has 4 rings (SSSR count). The van der Waals surface area contributed by atoms with Gasteiger partial charge in [0, 0.05) is 23.7 Å². The Balaban J connectivity index is 1.38. The predicted octanol–water partition coefficient (Wildman–Crippen LogP) is 4.74. The molecule has 3 aromatic rings. The van der Waals surface area contributed by atoms with Gasteiger partial charge >= 0.3 is 0 Å². The molecule has 8 heteroatoms. The maximum atomic E-state index is 13.3.